The number of rotatable bonds is 2. The molecular formula is C10H8N4O2S. The Kier molecular flexibility index (Phi) is 2.19. The molecule has 86 valence electrons. The van der Waals surface area contributed by atoms with Crippen LogP contribution >= 0.6 is 11.3 Å². The summed E-state index contributed by atoms with van der Waals surface area (Å²) in [7, 11) is 1.51. The number of nitrogens with zero attached hydrogens (tertiary/aromatic N) is 4. The highest BCUT2D eigenvalue weighted by atomic mass is 32.1. The van der Waals surface area contributed by atoms with Gasteiger partial charge in [0.05, 0.1) is 7.11 Å². The lowest BCUT2D eigenvalue weighted by molar-refractivity contribution is 0.373. The van der Waals surface area contributed by atoms with Crippen molar-refractivity contribution in [3.8, 4) is 22.1 Å². The third-order valence-electron chi connectivity index (χ3n) is 2.31. The van der Waals surface area contributed by atoms with Crippen molar-refractivity contribution >= 4 is 16.3 Å². The third-order valence-corrected chi connectivity index (χ3v) is 3.28. The van der Waals surface area contributed by atoms with Crippen molar-refractivity contribution < 1.29 is 9.84 Å². The zero-order chi connectivity index (χ0) is 11.8. The molecule has 1 aromatic carbocycles. The van der Waals surface area contributed by atoms with E-state index in [2.05, 4.69) is 15.3 Å². The van der Waals surface area contributed by atoms with Crippen LogP contribution in [0.1, 0.15) is 0 Å². The molecular weight excluding hydrogens is 240 g/mol. The lowest BCUT2D eigenvalue weighted by Gasteiger charge is -2.03. The van der Waals surface area contributed by atoms with Crippen molar-refractivity contribution in [3.63, 3.8) is 0 Å². The topological polar surface area (TPSA) is 72.5 Å². The van der Waals surface area contributed by atoms with E-state index in [1.165, 1.54) is 18.4 Å². The van der Waals surface area contributed by atoms with Gasteiger partial charge in [-0.1, -0.05) is 11.3 Å². The van der Waals surface area contributed by atoms with Crippen LogP contribution in [0.5, 0.6) is 11.5 Å². The van der Waals surface area contributed by atoms with Gasteiger partial charge in [-0.2, -0.15) is 9.61 Å². The second kappa shape index (κ2) is 3.70. The molecule has 1 N–H and O–H groups in total. The van der Waals surface area contributed by atoms with Gasteiger partial charge < -0.3 is 9.84 Å². The van der Waals surface area contributed by atoms with Gasteiger partial charge in [0.2, 0.25) is 4.96 Å². The van der Waals surface area contributed by atoms with Gasteiger partial charge in [-0.25, -0.2) is 0 Å². The molecule has 17 heavy (non-hydrogen) atoms. The number of phenolic OH excluding ortho intramolecular Hbond substituents is 1. The molecule has 2 heterocycles. The van der Waals surface area contributed by atoms with Crippen molar-refractivity contribution in [2.24, 2.45) is 0 Å². The number of aromatic nitrogens is 4. The Hall–Kier alpha value is -2.15. The molecule has 6 nitrogen and oxygen atoms in total. The normalized spacial score (nSPS) is 10.9. The van der Waals surface area contributed by atoms with E-state index in [1.807, 2.05) is 0 Å². The van der Waals surface area contributed by atoms with Crippen LogP contribution in [0, 0.1) is 0 Å². The number of methoxy groups -OCH3 is 1. The van der Waals surface area contributed by atoms with Crippen LogP contribution in [0.3, 0.4) is 0 Å². The van der Waals surface area contributed by atoms with Gasteiger partial charge >= 0.3 is 0 Å². The lowest BCUT2D eigenvalue weighted by atomic mass is 10.2. The summed E-state index contributed by atoms with van der Waals surface area (Å²) in [6.07, 6.45) is 1.55. The average molecular weight is 248 g/mol. The Balaban J connectivity index is 2.12. The molecule has 0 unspecified atom stereocenters. The predicted molar refractivity (Wildman–Crippen MR) is 62.3 cm³/mol. The summed E-state index contributed by atoms with van der Waals surface area (Å²) in [6, 6.07) is 5.10. The van der Waals surface area contributed by atoms with Crippen molar-refractivity contribution in [2.45, 2.75) is 0 Å². The van der Waals surface area contributed by atoms with Crippen molar-refractivity contribution in [2.75, 3.05) is 7.11 Å². The maximum absolute atomic E-state index is 9.51. The summed E-state index contributed by atoms with van der Waals surface area (Å²) in [5.74, 6) is 0.535. The third kappa shape index (κ3) is 1.60. The second-order valence-electron chi connectivity index (χ2n) is 3.35. The Morgan fingerprint density at radius 3 is 3.06 bits per heavy atom. The minimum absolute atomic E-state index is 0.110. The summed E-state index contributed by atoms with van der Waals surface area (Å²) < 4.78 is 6.67. The first-order chi connectivity index (χ1) is 8.28. The predicted octanol–water partition coefficient (Wildman–Crippen LogP) is 1.57. The molecule has 0 aliphatic carbocycles. The van der Waals surface area contributed by atoms with E-state index in [0.29, 0.717) is 5.75 Å². The molecule has 0 bridgehead atoms. The molecule has 0 aliphatic rings. The van der Waals surface area contributed by atoms with Crippen LogP contribution in [-0.4, -0.2) is 32.0 Å². The van der Waals surface area contributed by atoms with Crippen LogP contribution in [-0.2, 0) is 0 Å². The maximum Gasteiger partial charge on any atom is 0.234 e. The van der Waals surface area contributed by atoms with E-state index in [0.717, 1.165) is 15.5 Å². The molecule has 3 rings (SSSR count). The lowest BCUT2D eigenvalue weighted by Crippen LogP contribution is -1.86. The molecule has 0 radical (unpaired) electrons. The quantitative estimate of drug-likeness (QED) is 0.745. The summed E-state index contributed by atoms with van der Waals surface area (Å²) in [4.78, 5) is 0.729. The Morgan fingerprint density at radius 2 is 2.29 bits per heavy atom. The molecule has 0 aliphatic heterocycles. The number of phenols is 1. The summed E-state index contributed by atoms with van der Waals surface area (Å²) in [5.41, 5.74) is 0.871. The van der Waals surface area contributed by atoms with E-state index < -0.39 is 0 Å². The first kappa shape index (κ1) is 10.0. The van der Waals surface area contributed by atoms with Crippen LogP contribution in [0.15, 0.2) is 24.5 Å². The number of hydrogen-bond acceptors (Lipinski definition) is 6. The highest BCUT2D eigenvalue weighted by molar-refractivity contribution is 7.19. The van der Waals surface area contributed by atoms with E-state index >= 15 is 0 Å². The minimum atomic E-state index is 0.110. The Labute approximate surface area is 100 Å². The van der Waals surface area contributed by atoms with E-state index in [4.69, 9.17) is 4.74 Å². The van der Waals surface area contributed by atoms with Gasteiger partial charge in [0.15, 0.2) is 11.5 Å². The summed E-state index contributed by atoms with van der Waals surface area (Å²) in [6.45, 7) is 0. The zero-order valence-corrected chi connectivity index (χ0v) is 9.68. The van der Waals surface area contributed by atoms with Crippen molar-refractivity contribution in [1.29, 1.82) is 0 Å². The largest absolute Gasteiger partial charge is 0.504 e. The molecule has 0 amide bonds. The van der Waals surface area contributed by atoms with Crippen molar-refractivity contribution in [1.82, 2.24) is 19.8 Å². The molecule has 7 heteroatoms. The van der Waals surface area contributed by atoms with Gasteiger partial charge in [0.1, 0.15) is 11.3 Å². The Bertz CT molecular complexity index is 647. The number of hydrogen-bond donors (Lipinski definition) is 1. The van der Waals surface area contributed by atoms with Gasteiger partial charge in [-0.15, -0.1) is 10.2 Å². The van der Waals surface area contributed by atoms with Gasteiger partial charge in [0.25, 0.3) is 0 Å². The van der Waals surface area contributed by atoms with E-state index in [9.17, 15) is 5.11 Å². The van der Waals surface area contributed by atoms with Crippen molar-refractivity contribution in [3.05, 3.63) is 24.5 Å². The Morgan fingerprint density at radius 1 is 1.41 bits per heavy atom. The van der Waals surface area contributed by atoms with Gasteiger partial charge in [0, 0.05) is 5.56 Å². The highest BCUT2D eigenvalue weighted by Crippen LogP contribution is 2.32. The fourth-order valence-corrected chi connectivity index (χ4v) is 2.30. The summed E-state index contributed by atoms with van der Waals surface area (Å²) in [5, 5.41) is 22.3. The monoisotopic (exact) mass is 248 g/mol. The minimum Gasteiger partial charge on any atom is -0.504 e. The number of fused-ring (bicyclic) bond motifs is 1. The summed E-state index contributed by atoms with van der Waals surface area (Å²) >= 11 is 1.42. The fourth-order valence-electron chi connectivity index (χ4n) is 1.49. The zero-order valence-electron chi connectivity index (χ0n) is 8.86. The number of ether oxygens (including phenoxy) is 1. The molecule has 2 aromatic heterocycles. The van der Waals surface area contributed by atoms with Crippen LogP contribution < -0.4 is 4.74 Å². The average Bonchev–Trinajstić information content (AvgIpc) is 2.90. The van der Waals surface area contributed by atoms with E-state index in [-0.39, 0.29) is 5.75 Å². The standard InChI is InChI=1S/C10H8N4O2S/c1-16-8-4-6(2-3-7(8)15)9-13-14-5-11-12-10(14)17-9/h2-5,15H,1H3. The first-order valence-corrected chi connectivity index (χ1v) is 5.64. The second-order valence-corrected chi connectivity index (χ2v) is 4.31. The maximum atomic E-state index is 9.51. The highest BCUT2D eigenvalue weighted by Gasteiger charge is 2.10. The fraction of sp³-hybridized carbons (Fsp3) is 0.100. The van der Waals surface area contributed by atoms with Gasteiger partial charge in [-0.3, -0.25) is 0 Å². The molecule has 0 atom stereocenters. The first-order valence-electron chi connectivity index (χ1n) is 4.82. The SMILES string of the molecule is COc1cc(-c2nn3cnnc3s2)ccc1O. The van der Waals surface area contributed by atoms with E-state index in [1.54, 1.807) is 29.0 Å². The molecule has 0 saturated carbocycles. The smallest absolute Gasteiger partial charge is 0.234 e. The molecule has 0 spiro atoms. The van der Waals surface area contributed by atoms with Crippen LogP contribution in [0.25, 0.3) is 15.5 Å². The number of benzene rings is 1. The van der Waals surface area contributed by atoms with Crippen LogP contribution in [0.4, 0.5) is 0 Å². The number of aromatic hydroxyl groups is 1. The molecule has 3 aromatic rings. The van der Waals surface area contributed by atoms with Gasteiger partial charge in [-0.05, 0) is 18.2 Å². The van der Waals surface area contributed by atoms with Crippen LogP contribution in [0.2, 0.25) is 0 Å². The molecule has 0 saturated heterocycles. The molecule has 0 fully saturated rings.